The number of ether oxygens (including phenoxy) is 2. The van der Waals surface area contributed by atoms with E-state index in [-0.39, 0.29) is 17.2 Å². The van der Waals surface area contributed by atoms with E-state index in [0.29, 0.717) is 30.3 Å². The fraction of sp³-hybridized carbons (Fsp3) is 0.200. The maximum atomic E-state index is 12.2. The molecule has 0 saturated carbocycles. The van der Waals surface area contributed by atoms with E-state index in [1.54, 1.807) is 18.3 Å². The zero-order chi connectivity index (χ0) is 19.8. The van der Waals surface area contributed by atoms with E-state index in [2.05, 4.69) is 25.7 Å². The molecule has 0 unspecified atom stereocenters. The van der Waals surface area contributed by atoms with Crippen molar-refractivity contribution in [1.29, 1.82) is 0 Å². The summed E-state index contributed by atoms with van der Waals surface area (Å²) in [6.07, 6.45) is 1.59. The molecule has 8 nitrogen and oxygen atoms in total. The normalized spacial score (nSPS) is 10.8. The Morgan fingerprint density at radius 2 is 1.79 bits per heavy atom. The first-order chi connectivity index (χ1) is 13.7. The number of nitrogens with one attached hydrogen (secondary N) is 2. The lowest BCUT2D eigenvalue weighted by Gasteiger charge is -2.11. The molecule has 0 saturated heterocycles. The Bertz CT molecular complexity index is 1000. The third-order valence-electron chi connectivity index (χ3n) is 3.70. The fourth-order valence-corrected chi connectivity index (χ4v) is 2.49. The van der Waals surface area contributed by atoms with Crippen molar-refractivity contribution < 1.29 is 9.47 Å². The summed E-state index contributed by atoms with van der Waals surface area (Å²) in [6, 6.07) is 14.6. The molecule has 0 fully saturated rings. The molecular formula is C20H21N5O3. The van der Waals surface area contributed by atoms with Crippen molar-refractivity contribution in [3.63, 3.8) is 0 Å². The van der Waals surface area contributed by atoms with Crippen LogP contribution in [-0.4, -0.2) is 34.6 Å². The van der Waals surface area contributed by atoms with E-state index >= 15 is 0 Å². The third kappa shape index (κ3) is 4.73. The average molecular weight is 379 g/mol. The molecule has 0 spiro atoms. The predicted octanol–water partition coefficient (Wildman–Crippen LogP) is 3.08. The second kappa shape index (κ2) is 9.31. The summed E-state index contributed by atoms with van der Waals surface area (Å²) in [5.74, 6) is 1.48. The average Bonchev–Trinajstić information content (AvgIpc) is 2.71. The van der Waals surface area contributed by atoms with Gasteiger partial charge in [0.2, 0.25) is 5.95 Å². The van der Waals surface area contributed by atoms with Crippen molar-refractivity contribution in [3.05, 3.63) is 64.4 Å². The molecule has 144 valence electrons. The summed E-state index contributed by atoms with van der Waals surface area (Å²) >= 11 is 0. The molecule has 2 aromatic carbocycles. The van der Waals surface area contributed by atoms with Gasteiger partial charge in [0.1, 0.15) is 0 Å². The number of benzene rings is 2. The van der Waals surface area contributed by atoms with Gasteiger partial charge in [-0.25, -0.2) is 5.43 Å². The Hall–Kier alpha value is -3.68. The van der Waals surface area contributed by atoms with Gasteiger partial charge in [0.15, 0.2) is 17.2 Å². The molecular weight excluding hydrogens is 358 g/mol. The van der Waals surface area contributed by atoms with Gasteiger partial charge in [-0.15, -0.1) is 10.2 Å². The highest BCUT2D eigenvalue weighted by Gasteiger charge is 2.07. The minimum absolute atomic E-state index is 0.150. The number of hydrogen-bond donors (Lipinski definition) is 2. The molecule has 0 aliphatic rings. The monoisotopic (exact) mass is 379 g/mol. The van der Waals surface area contributed by atoms with Gasteiger partial charge < -0.3 is 9.47 Å². The lowest BCUT2D eigenvalue weighted by atomic mass is 10.2. The van der Waals surface area contributed by atoms with Gasteiger partial charge in [-0.3, -0.25) is 9.78 Å². The van der Waals surface area contributed by atoms with Gasteiger partial charge in [-0.2, -0.15) is 5.10 Å². The summed E-state index contributed by atoms with van der Waals surface area (Å²) in [6.45, 7) is 4.91. The Morgan fingerprint density at radius 1 is 1.04 bits per heavy atom. The van der Waals surface area contributed by atoms with Crippen LogP contribution in [0.2, 0.25) is 0 Å². The van der Waals surface area contributed by atoms with E-state index < -0.39 is 0 Å². The molecule has 0 atom stereocenters. The van der Waals surface area contributed by atoms with Crippen LogP contribution in [-0.2, 0) is 0 Å². The number of anilines is 1. The van der Waals surface area contributed by atoms with Crippen molar-refractivity contribution >= 4 is 12.2 Å². The molecule has 2 N–H and O–H groups in total. The third-order valence-corrected chi connectivity index (χ3v) is 3.70. The number of aromatic nitrogens is 3. The highest BCUT2D eigenvalue weighted by atomic mass is 16.5. The zero-order valence-corrected chi connectivity index (χ0v) is 15.7. The molecule has 1 aromatic heterocycles. The molecule has 3 rings (SSSR count). The highest BCUT2D eigenvalue weighted by Crippen LogP contribution is 2.28. The maximum absolute atomic E-state index is 12.2. The van der Waals surface area contributed by atoms with Gasteiger partial charge in [0.05, 0.1) is 19.4 Å². The largest absolute Gasteiger partial charge is 0.490 e. The Labute approximate surface area is 162 Å². The van der Waals surface area contributed by atoms with Crippen LogP contribution < -0.4 is 20.5 Å². The van der Waals surface area contributed by atoms with E-state index in [9.17, 15) is 4.79 Å². The van der Waals surface area contributed by atoms with E-state index in [1.807, 2.05) is 50.2 Å². The van der Waals surface area contributed by atoms with E-state index in [4.69, 9.17) is 9.47 Å². The fourth-order valence-electron chi connectivity index (χ4n) is 2.49. The van der Waals surface area contributed by atoms with Crippen LogP contribution >= 0.6 is 0 Å². The Balaban J connectivity index is 1.72. The standard InChI is InChI=1S/C20H21N5O3/c1-3-27-16-11-10-14(12-17(16)28-4-2)13-21-24-20-22-19(26)18(23-25-20)15-8-6-5-7-9-15/h5-13H,3-4H2,1-2H3,(H2,22,24,25,26)/b21-13+. The summed E-state index contributed by atoms with van der Waals surface area (Å²) in [5, 5.41) is 12.0. The van der Waals surface area contributed by atoms with Crippen LogP contribution in [0.1, 0.15) is 19.4 Å². The van der Waals surface area contributed by atoms with Gasteiger partial charge in [0.25, 0.3) is 5.56 Å². The lowest BCUT2D eigenvalue weighted by Crippen LogP contribution is -2.15. The van der Waals surface area contributed by atoms with Crippen LogP contribution in [0.4, 0.5) is 5.95 Å². The lowest BCUT2D eigenvalue weighted by molar-refractivity contribution is 0.288. The smallest absolute Gasteiger partial charge is 0.279 e. The van der Waals surface area contributed by atoms with Crippen molar-refractivity contribution in [2.24, 2.45) is 5.10 Å². The zero-order valence-electron chi connectivity index (χ0n) is 15.7. The molecule has 0 aliphatic heterocycles. The number of H-pyrrole nitrogens is 1. The first-order valence-corrected chi connectivity index (χ1v) is 8.92. The first-order valence-electron chi connectivity index (χ1n) is 8.92. The molecule has 8 heteroatoms. The Morgan fingerprint density at radius 3 is 2.50 bits per heavy atom. The number of hydrazone groups is 1. The first kappa shape index (κ1) is 19.1. The number of nitrogens with zero attached hydrogens (tertiary/aromatic N) is 3. The summed E-state index contributed by atoms with van der Waals surface area (Å²) < 4.78 is 11.1. The molecule has 0 bridgehead atoms. The number of rotatable bonds is 8. The SMILES string of the molecule is CCOc1ccc(/C=N/Nc2nnc(-c3ccccc3)c(=O)[nH]2)cc1OCC. The van der Waals surface area contributed by atoms with E-state index in [1.165, 1.54) is 0 Å². The van der Waals surface area contributed by atoms with Gasteiger partial charge in [-0.1, -0.05) is 30.3 Å². The second-order valence-electron chi connectivity index (χ2n) is 5.66. The molecule has 28 heavy (non-hydrogen) atoms. The molecule has 1 heterocycles. The van der Waals surface area contributed by atoms with E-state index in [0.717, 1.165) is 5.56 Å². The second-order valence-corrected chi connectivity index (χ2v) is 5.66. The van der Waals surface area contributed by atoms with Gasteiger partial charge in [-0.05, 0) is 37.6 Å². The van der Waals surface area contributed by atoms with Gasteiger partial charge in [0, 0.05) is 5.56 Å². The van der Waals surface area contributed by atoms with Crippen LogP contribution in [0.5, 0.6) is 11.5 Å². The summed E-state index contributed by atoms with van der Waals surface area (Å²) in [5.41, 5.74) is 4.08. The Kier molecular flexibility index (Phi) is 6.35. The topological polar surface area (TPSA) is 101 Å². The number of aromatic amines is 1. The van der Waals surface area contributed by atoms with Crippen molar-refractivity contribution in [2.45, 2.75) is 13.8 Å². The summed E-state index contributed by atoms with van der Waals surface area (Å²) in [7, 11) is 0. The molecule has 3 aromatic rings. The minimum atomic E-state index is -0.349. The quantitative estimate of drug-likeness (QED) is 0.461. The van der Waals surface area contributed by atoms with Crippen molar-refractivity contribution in [1.82, 2.24) is 15.2 Å². The van der Waals surface area contributed by atoms with Gasteiger partial charge >= 0.3 is 0 Å². The van der Waals surface area contributed by atoms with Crippen LogP contribution in [0.3, 0.4) is 0 Å². The number of hydrogen-bond acceptors (Lipinski definition) is 7. The minimum Gasteiger partial charge on any atom is -0.490 e. The van der Waals surface area contributed by atoms with Crippen LogP contribution in [0, 0.1) is 0 Å². The molecule has 0 amide bonds. The van der Waals surface area contributed by atoms with Crippen molar-refractivity contribution in [3.8, 4) is 22.8 Å². The predicted molar refractivity (Wildman–Crippen MR) is 108 cm³/mol. The molecule has 0 radical (unpaired) electrons. The molecule has 0 aliphatic carbocycles. The maximum Gasteiger partial charge on any atom is 0.279 e. The van der Waals surface area contributed by atoms with Crippen LogP contribution in [0.15, 0.2) is 58.4 Å². The summed E-state index contributed by atoms with van der Waals surface area (Å²) in [4.78, 5) is 14.8. The van der Waals surface area contributed by atoms with Crippen LogP contribution in [0.25, 0.3) is 11.3 Å². The van der Waals surface area contributed by atoms with Crippen molar-refractivity contribution in [2.75, 3.05) is 18.6 Å². The highest BCUT2D eigenvalue weighted by molar-refractivity contribution is 5.81.